The van der Waals surface area contributed by atoms with E-state index in [0.29, 0.717) is 6.61 Å². The fourth-order valence-electron chi connectivity index (χ4n) is 1.29. The average Bonchev–Trinajstić information content (AvgIpc) is 2.09. The van der Waals surface area contributed by atoms with E-state index in [0.717, 1.165) is 12.2 Å². The van der Waals surface area contributed by atoms with Crippen LogP contribution in [0.15, 0.2) is 18.2 Å². The molecule has 84 valence electrons. The summed E-state index contributed by atoms with van der Waals surface area (Å²) in [7, 11) is 0. The molecule has 2 N–H and O–H groups in total. The Morgan fingerprint density at radius 1 is 1.27 bits per heavy atom. The molecule has 1 aromatic carbocycles. The van der Waals surface area contributed by atoms with Crippen LogP contribution in [0.2, 0.25) is 0 Å². The second-order valence-electron chi connectivity index (χ2n) is 4.86. The molecule has 0 aliphatic carbocycles. The van der Waals surface area contributed by atoms with E-state index in [4.69, 9.17) is 10.5 Å². The van der Waals surface area contributed by atoms with Crippen LogP contribution in [0.4, 0.5) is 0 Å². The Hall–Kier alpha value is -1.02. The molecule has 0 aliphatic rings. The first kappa shape index (κ1) is 12.1. The molecule has 2 nitrogen and oxygen atoms in total. The Labute approximate surface area is 92.4 Å². The highest BCUT2D eigenvalue weighted by Gasteiger charge is 2.10. The highest BCUT2D eigenvalue weighted by atomic mass is 16.5. The molecule has 0 atom stereocenters. The van der Waals surface area contributed by atoms with E-state index in [-0.39, 0.29) is 5.54 Å². The number of aryl methyl sites for hydroxylation is 2. The van der Waals surface area contributed by atoms with Gasteiger partial charge >= 0.3 is 0 Å². The molecule has 2 heteroatoms. The minimum Gasteiger partial charge on any atom is -0.493 e. The Balaban J connectivity index is 2.54. The smallest absolute Gasteiger partial charge is 0.122 e. The summed E-state index contributed by atoms with van der Waals surface area (Å²) in [6.07, 6.45) is 0.861. The summed E-state index contributed by atoms with van der Waals surface area (Å²) in [4.78, 5) is 0. The van der Waals surface area contributed by atoms with Gasteiger partial charge in [-0.2, -0.15) is 0 Å². The van der Waals surface area contributed by atoms with Gasteiger partial charge in [-0.05, 0) is 51.3 Å². The number of ether oxygens (including phenoxy) is 1. The SMILES string of the molecule is Cc1ccc(C)c(OCCC(C)(C)N)c1. The van der Waals surface area contributed by atoms with Gasteiger partial charge in [0, 0.05) is 5.54 Å². The lowest BCUT2D eigenvalue weighted by Gasteiger charge is -2.19. The van der Waals surface area contributed by atoms with Gasteiger partial charge in [0.15, 0.2) is 0 Å². The number of hydrogen-bond donors (Lipinski definition) is 1. The largest absolute Gasteiger partial charge is 0.493 e. The van der Waals surface area contributed by atoms with Crippen LogP contribution >= 0.6 is 0 Å². The Kier molecular flexibility index (Phi) is 3.75. The van der Waals surface area contributed by atoms with E-state index in [1.807, 2.05) is 13.8 Å². The van der Waals surface area contributed by atoms with Crippen LogP contribution < -0.4 is 10.5 Å². The van der Waals surface area contributed by atoms with Gasteiger partial charge in [-0.15, -0.1) is 0 Å². The summed E-state index contributed by atoms with van der Waals surface area (Å²) in [6.45, 7) is 8.83. The standard InChI is InChI=1S/C13H21NO/c1-10-5-6-11(2)12(9-10)15-8-7-13(3,4)14/h5-6,9H,7-8,14H2,1-4H3. The molecule has 0 bridgehead atoms. The zero-order valence-corrected chi connectivity index (χ0v) is 10.1. The fourth-order valence-corrected chi connectivity index (χ4v) is 1.29. The van der Waals surface area contributed by atoms with E-state index < -0.39 is 0 Å². The molecule has 0 radical (unpaired) electrons. The molecule has 1 rings (SSSR count). The first-order valence-corrected chi connectivity index (χ1v) is 5.37. The molecule has 0 aromatic heterocycles. The van der Waals surface area contributed by atoms with Gasteiger partial charge < -0.3 is 10.5 Å². The second kappa shape index (κ2) is 4.67. The lowest BCUT2D eigenvalue weighted by Crippen LogP contribution is -2.33. The topological polar surface area (TPSA) is 35.2 Å². The molecular weight excluding hydrogens is 186 g/mol. The molecule has 0 amide bonds. The quantitative estimate of drug-likeness (QED) is 0.824. The molecule has 0 saturated carbocycles. The maximum Gasteiger partial charge on any atom is 0.122 e. The van der Waals surface area contributed by atoms with Crippen LogP contribution in [0.5, 0.6) is 5.75 Å². The van der Waals surface area contributed by atoms with Crippen LogP contribution in [-0.4, -0.2) is 12.1 Å². The number of rotatable bonds is 4. The van der Waals surface area contributed by atoms with Crippen LogP contribution in [0.1, 0.15) is 31.4 Å². The Morgan fingerprint density at radius 2 is 1.93 bits per heavy atom. The van der Waals surface area contributed by atoms with Crippen molar-refractivity contribution in [2.75, 3.05) is 6.61 Å². The molecule has 0 saturated heterocycles. The number of nitrogens with two attached hydrogens (primary N) is 1. The van der Waals surface area contributed by atoms with Crippen molar-refractivity contribution in [2.45, 2.75) is 39.7 Å². The molecule has 0 fully saturated rings. The van der Waals surface area contributed by atoms with E-state index in [9.17, 15) is 0 Å². The van der Waals surface area contributed by atoms with Crippen molar-refractivity contribution in [1.82, 2.24) is 0 Å². The minimum atomic E-state index is -0.155. The van der Waals surface area contributed by atoms with Crippen molar-refractivity contribution >= 4 is 0 Å². The lowest BCUT2D eigenvalue weighted by atomic mass is 10.0. The zero-order valence-electron chi connectivity index (χ0n) is 10.1. The van der Waals surface area contributed by atoms with Crippen LogP contribution in [0.25, 0.3) is 0 Å². The molecule has 0 heterocycles. The summed E-state index contributed by atoms with van der Waals surface area (Å²) in [5.74, 6) is 0.972. The molecule has 15 heavy (non-hydrogen) atoms. The number of benzene rings is 1. The van der Waals surface area contributed by atoms with Gasteiger partial charge in [0.1, 0.15) is 5.75 Å². The van der Waals surface area contributed by atoms with E-state index in [1.165, 1.54) is 11.1 Å². The molecule has 0 aliphatic heterocycles. The highest BCUT2D eigenvalue weighted by Crippen LogP contribution is 2.19. The minimum absolute atomic E-state index is 0.155. The highest BCUT2D eigenvalue weighted by molar-refractivity contribution is 5.35. The van der Waals surface area contributed by atoms with Crippen molar-refractivity contribution in [3.05, 3.63) is 29.3 Å². The first-order chi connectivity index (χ1) is 6.88. The summed E-state index contributed by atoms with van der Waals surface area (Å²) < 4.78 is 5.71. The third-order valence-electron chi connectivity index (χ3n) is 2.35. The maximum atomic E-state index is 5.89. The van der Waals surface area contributed by atoms with Crippen molar-refractivity contribution in [1.29, 1.82) is 0 Å². The van der Waals surface area contributed by atoms with Crippen LogP contribution in [0.3, 0.4) is 0 Å². The van der Waals surface area contributed by atoms with E-state index >= 15 is 0 Å². The van der Waals surface area contributed by atoms with Crippen molar-refractivity contribution in [3.63, 3.8) is 0 Å². The van der Waals surface area contributed by atoms with Crippen molar-refractivity contribution in [2.24, 2.45) is 5.73 Å². The monoisotopic (exact) mass is 207 g/mol. The van der Waals surface area contributed by atoms with Crippen molar-refractivity contribution in [3.8, 4) is 5.75 Å². The molecular formula is C13H21NO. The second-order valence-corrected chi connectivity index (χ2v) is 4.86. The van der Waals surface area contributed by atoms with Gasteiger partial charge in [0.25, 0.3) is 0 Å². The lowest BCUT2D eigenvalue weighted by molar-refractivity contribution is 0.272. The fraction of sp³-hybridized carbons (Fsp3) is 0.538. The summed E-state index contributed by atoms with van der Waals surface area (Å²) in [5.41, 5.74) is 8.13. The summed E-state index contributed by atoms with van der Waals surface area (Å²) in [6, 6.07) is 6.24. The van der Waals surface area contributed by atoms with Gasteiger partial charge in [-0.3, -0.25) is 0 Å². The third kappa shape index (κ3) is 4.34. The van der Waals surface area contributed by atoms with Gasteiger partial charge in [0.05, 0.1) is 6.61 Å². The predicted molar refractivity (Wildman–Crippen MR) is 64.3 cm³/mol. The van der Waals surface area contributed by atoms with Gasteiger partial charge in [-0.25, -0.2) is 0 Å². The maximum absolute atomic E-state index is 5.89. The molecule has 0 unspecified atom stereocenters. The average molecular weight is 207 g/mol. The Bertz CT molecular complexity index is 326. The zero-order chi connectivity index (χ0) is 11.5. The first-order valence-electron chi connectivity index (χ1n) is 5.37. The van der Waals surface area contributed by atoms with Crippen molar-refractivity contribution < 1.29 is 4.74 Å². The normalized spacial score (nSPS) is 11.5. The summed E-state index contributed by atoms with van der Waals surface area (Å²) in [5, 5.41) is 0. The van der Waals surface area contributed by atoms with Crippen LogP contribution in [-0.2, 0) is 0 Å². The summed E-state index contributed by atoms with van der Waals surface area (Å²) >= 11 is 0. The van der Waals surface area contributed by atoms with Crippen LogP contribution in [0, 0.1) is 13.8 Å². The van der Waals surface area contributed by atoms with E-state index in [1.54, 1.807) is 0 Å². The Morgan fingerprint density at radius 3 is 2.53 bits per heavy atom. The van der Waals surface area contributed by atoms with Gasteiger partial charge in [-0.1, -0.05) is 12.1 Å². The molecule has 1 aromatic rings. The number of hydrogen-bond acceptors (Lipinski definition) is 2. The van der Waals surface area contributed by atoms with E-state index in [2.05, 4.69) is 32.0 Å². The third-order valence-corrected chi connectivity index (χ3v) is 2.35. The molecule has 0 spiro atoms. The van der Waals surface area contributed by atoms with Gasteiger partial charge in [0.2, 0.25) is 0 Å². The predicted octanol–water partition coefficient (Wildman–Crippen LogP) is 2.81.